The maximum absolute atomic E-state index is 9.87. The second-order valence-corrected chi connectivity index (χ2v) is 3.43. The largest absolute Gasteiger partial charge is 0.388 e. The Kier molecular flexibility index (Phi) is 2.83. The Labute approximate surface area is 89.0 Å². The first-order valence-electron chi connectivity index (χ1n) is 5.10. The molecular formula is C12H14N2O. The van der Waals surface area contributed by atoms with Gasteiger partial charge in [-0.2, -0.15) is 5.10 Å². The first-order valence-corrected chi connectivity index (χ1v) is 5.10. The number of para-hydroxylation sites is 1. The van der Waals surface area contributed by atoms with Crippen LogP contribution in [-0.4, -0.2) is 14.9 Å². The standard InChI is InChI=1S/C12H14N2O/c1-2-12(15)10-6-3-4-7-11(10)14-9-5-8-13-14/h3-9,12,15H,2H2,1H3/t12-/m0/s1. The fourth-order valence-electron chi connectivity index (χ4n) is 1.61. The van der Waals surface area contributed by atoms with Gasteiger partial charge in [0, 0.05) is 18.0 Å². The van der Waals surface area contributed by atoms with Crippen molar-refractivity contribution in [3.8, 4) is 5.69 Å². The van der Waals surface area contributed by atoms with Gasteiger partial charge in [0.15, 0.2) is 0 Å². The average Bonchev–Trinajstić information content (AvgIpc) is 2.81. The zero-order valence-electron chi connectivity index (χ0n) is 8.67. The predicted molar refractivity (Wildman–Crippen MR) is 58.8 cm³/mol. The molecule has 1 N–H and O–H groups in total. The number of hydrogen-bond donors (Lipinski definition) is 1. The molecule has 1 aromatic heterocycles. The summed E-state index contributed by atoms with van der Waals surface area (Å²) in [5.74, 6) is 0. The third-order valence-electron chi connectivity index (χ3n) is 2.43. The van der Waals surface area contributed by atoms with E-state index in [0.717, 1.165) is 11.3 Å². The molecule has 3 heteroatoms. The second-order valence-electron chi connectivity index (χ2n) is 3.43. The fourth-order valence-corrected chi connectivity index (χ4v) is 1.61. The van der Waals surface area contributed by atoms with Crippen LogP contribution in [-0.2, 0) is 0 Å². The fraction of sp³-hybridized carbons (Fsp3) is 0.250. The Morgan fingerprint density at radius 2 is 2.13 bits per heavy atom. The summed E-state index contributed by atoms with van der Waals surface area (Å²) in [6.45, 7) is 1.96. The summed E-state index contributed by atoms with van der Waals surface area (Å²) < 4.78 is 1.77. The van der Waals surface area contributed by atoms with Gasteiger partial charge in [-0.25, -0.2) is 4.68 Å². The Balaban J connectivity index is 2.47. The molecule has 0 aliphatic rings. The van der Waals surface area contributed by atoms with Crippen molar-refractivity contribution >= 4 is 0 Å². The van der Waals surface area contributed by atoms with Crippen molar-refractivity contribution < 1.29 is 5.11 Å². The molecule has 2 aromatic rings. The lowest BCUT2D eigenvalue weighted by Crippen LogP contribution is -2.04. The highest BCUT2D eigenvalue weighted by Gasteiger charge is 2.10. The number of aromatic nitrogens is 2. The molecule has 15 heavy (non-hydrogen) atoms. The van der Waals surface area contributed by atoms with Crippen LogP contribution in [0.15, 0.2) is 42.7 Å². The molecule has 78 valence electrons. The van der Waals surface area contributed by atoms with E-state index in [-0.39, 0.29) is 0 Å². The summed E-state index contributed by atoms with van der Waals surface area (Å²) in [5.41, 5.74) is 1.86. The average molecular weight is 202 g/mol. The van der Waals surface area contributed by atoms with Gasteiger partial charge in [0.2, 0.25) is 0 Å². The Morgan fingerprint density at radius 3 is 2.80 bits per heavy atom. The summed E-state index contributed by atoms with van der Waals surface area (Å²) in [6.07, 6.45) is 3.89. The van der Waals surface area contributed by atoms with Gasteiger partial charge in [-0.05, 0) is 18.6 Å². The minimum atomic E-state index is -0.426. The van der Waals surface area contributed by atoms with E-state index in [0.29, 0.717) is 6.42 Å². The molecule has 0 fully saturated rings. The second kappa shape index (κ2) is 4.28. The molecule has 0 aliphatic heterocycles. The van der Waals surface area contributed by atoms with E-state index in [1.54, 1.807) is 10.9 Å². The van der Waals surface area contributed by atoms with Gasteiger partial charge in [0.25, 0.3) is 0 Å². The van der Waals surface area contributed by atoms with Crippen molar-refractivity contribution in [2.75, 3.05) is 0 Å². The van der Waals surface area contributed by atoms with E-state index in [9.17, 15) is 5.11 Å². The molecule has 0 bridgehead atoms. The predicted octanol–water partition coefficient (Wildman–Crippen LogP) is 2.32. The summed E-state index contributed by atoms with van der Waals surface area (Å²) in [5, 5.41) is 14.0. The number of hydrogen-bond acceptors (Lipinski definition) is 2. The van der Waals surface area contributed by atoms with Crippen molar-refractivity contribution in [2.45, 2.75) is 19.4 Å². The van der Waals surface area contributed by atoms with Crippen molar-refractivity contribution in [3.05, 3.63) is 48.3 Å². The molecule has 0 radical (unpaired) electrons. The van der Waals surface area contributed by atoms with Gasteiger partial charge < -0.3 is 5.11 Å². The third-order valence-corrected chi connectivity index (χ3v) is 2.43. The molecular weight excluding hydrogens is 188 g/mol. The lowest BCUT2D eigenvalue weighted by Gasteiger charge is -2.13. The summed E-state index contributed by atoms with van der Waals surface area (Å²) in [7, 11) is 0. The van der Waals surface area contributed by atoms with Gasteiger partial charge >= 0.3 is 0 Å². The number of rotatable bonds is 3. The molecule has 1 heterocycles. The number of benzene rings is 1. The van der Waals surface area contributed by atoms with E-state index in [2.05, 4.69) is 5.10 Å². The van der Waals surface area contributed by atoms with Crippen LogP contribution < -0.4 is 0 Å². The first-order chi connectivity index (χ1) is 7.33. The van der Waals surface area contributed by atoms with Crippen LogP contribution in [0.5, 0.6) is 0 Å². The smallest absolute Gasteiger partial charge is 0.0808 e. The number of aliphatic hydroxyl groups excluding tert-OH is 1. The van der Waals surface area contributed by atoms with Gasteiger partial charge in [0.05, 0.1) is 11.8 Å². The zero-order valence-corrected chi connectivity index (χ0v) is 8.67. The molecule has 1 aromatic carbocycles. The van der Waals surface area contributed by atoms with Crippen molar-refractivity contribution in [1.82, 2.24) is 9.78 Å². The summed E-state index contributed by atoms with van der Waals surface area (Å²) >= 11 is 0. The normalized spacial score (nSPS) is 12.7. The topological polar surface area (TPSA) is 38.0 Å². The monoisotopic (exact) mass is 202 g/mol. The Morgan fingerprint density at radius 1 is 1.33 bits per heavy atom. The van der Waals surface area contributed by atoms with E-state index < -0.39 is 6.10 Å². The lowest BCUT2D eigenvalue weighted by atomic mass is 10.1. The first kappa shape index (κ1) is 9.93. The SMILES string of the molecule is CC[C@H](O)c1ccccc1-n1cccn1. The van der Waals surface area contributed by atoms with Crippen LogP contribution in [0.2, 0.25) is 0 Å². The lowest BCUT2D eigenvalue weighted by molar-refractivity contribution is 0.173. The molecule has 3 nitrogen and oxygen atoms in total. The quantitative estimate of drug-likeness (QED) is 0.829. The molecule has 0 saturated heterocycles. The highest BCUT2D eigenvalue weighted by molar-refractivity contribution is 5.41. The molecule has 0 amide bonds. The van der Waals surface area contributed by atoms with Crippen LogP contribution in [0.1, 0.15) is 25.0 Å². The van der Waals surface area contributed by atoms with Crippen molar-refractivity contribution in [2.24, 2.45) is 0 Å². The summed E-state index contributed by atoms with van der Waals surface area (Å²) in [6, 6.07) is 9.64. The van der Waals surface area contributed by atoms with Gasteiger partial charge in [-0.15, -0.1) is 0 Å². The van der Waals surface area contributed by atoms with Gasteiger partial charge in [-0.1, -0.05) is 25.1 Å². The minimum Gasteiger partial charge on any atom is -0.388 e. The minimum absolute atomic E-state index is 0.426. The van der Waals surface area contributed by atoms with Crippen LogP contribution >= 0.6 is 0 Å². The highest BCUT2D eigenvalue weighted by Crippen LogP contribution is 2.22. The maximum Gasteiger partial charge on any atom is 0.0808 e. The van der Waals surface area contributed by atoms with Crippen LogP contribution in [0.3, 0.4) is 0 Å². The molecule has 1 atom stereocenters. The van der Waals surface area contributed by atoms with E-state index in [4.69, 9.17) is 0 Å². The van der Waals surface area contributed by atoms with Crippen LogP contribution in [0.25, 0.3) is 5.69 Å². The molecule has 2 rings (SSSR count). The van der Waals surface area contributed by atoms with E-state index in [1.165, 1.54) is 0 Å². The third kappa shape index (κ3) is 1.92. The highest BCUT2D eigenvalue weighted by atomic mass is 16.3. The van der Waals surface area contributed by atoms with Gasteiger partial charge in [-0.3, -0.25) is 0 Å². The summed E-state index contributed by atoms with van der Waals surface area (Å²) in [4.78, 5) is 0. The molecule has 0 spiro atoms. The van der Waals surface area contributed by atoms with E-state index >= 15 is 0 Å². The van der Waals surface area contributed by atoms with Crippen LogP contribution in [0, 0.1) is 0 Å². The Bertz CT molecular complexity index is 423. The maximum atomic E-state index is 9.87. The number of nitrogens with zero attached hydrogens (tertiary/aromatic N) is 2. The molecule has 0 saturated carbocycles. The molecule has 0 unspecified atom stereocenters. The van der Waals surface area contributed by atoms with Crippen molar-refractivity contribution in [1.29, 1.82) is 0 Å². The van der Waals surface area contributed by atoms with Crippen LogP contribution in [0.4, 0.5) is 0 Å². The Hall–Kier alpha value is -1.61. The zero-order chi connectivity index (χ0) is 10.7. The van der Waals surface area contributed by atoms with E-state index in [1.807, 2.05) is 43.5 Å². The molecule has 0 aliphatic carbocycles. The van der Waals surface area contributed by atoms with Gasteiger partial charge in [0.1, 0.15) is 0 Å². The number of aliphatic hydroxyl groups is 1. The van der Waals surface area contributed by atoms with Crippen molar-refractivity contribution in [3.63, 3.8) is 0 Å².